The Bertz CT molecular complexity index is 1280. The van der Waals surface area contributed by atoms with Crippen molar-refractivity contribution < 1.29 is 35.9 Å². The first-order valence-corrected chi connectivity index (χ1v) is 11.7. The molecule has 3 aromatic rings. The van der Waals surface area contributed by atoms with E-state index in [1.54, 1.807) is 0 Å². The van der Waals surface area contributed by atoms with Gasteiger partial charge in [0.25, 0.3) is 15.9 Å². The van der Waals surface area contributed by atoms with Gasteiger partial charge in [0.15, 0.2) is 6.10 Å². The van der Waals surface area contributed by atoms with Crippen molar-refractivity contribution in [3.05, 3.63) is 82.3 Å². The monoisotopic (exact) mass is 533 g/mol. The molecule has 0 aliphatic rings. The molecule has 3 aromatic carbocycles. The number of carbonyl (C=O) groups is 1. The molecule has 0 aliphatic carbocycles. The molecule has 6 nitrogen and oxygen atoms in total. The molecule has 1 N–H and O–H groups in total. The Morgan fingerprint density at radius 3 is 2.00 bits per heavy atom. The Balaban J connectivity index is 1.61. The van der Waals surface area contributed by atoms with E-state index in [1.165, 1.54) is 55.5 Å². The number of alkyl halides is 3. The molecule has 0 spiro atoms. The maximum atomic E-state index is 12.6. The average Bonchev–Trinajstić information content (AvgIpc) is 2.76. The molecule has 1 unspecified atom stereocenters. The number of rotatable bonds is 7. The predicted octanol–water partition coefficient (Wildman–Crippen LogP) is 6.08. The zero-order valence-electron chi connectivity index (χ0n) is 17.3. The number of nitrogens with one attached hydrogen (secondary N) is 1. The zero-order chi connectivity index (χ0) is 25.1. The summed E-state index contributed by atoms with van der Waals surface area (Å²) in [4.78, 5) is 12.0. The molecule has 0 saturated heterocycles. The molecular weight excluding hydrogens is 518 g/mol. The first-order chi connectivity index (χ1) is 15.8. The molecule has 0 aromatic heterocycles. The van der Waals surface area contributed by atoms with Crippen molar-refractivity contribution in [2.45, 2.75) is 24.1 Å². The van der Waals surface area contributed by atoms with Crippen LogP contribution in [0, 0.1) is 0 Å². The minimum atomic E-state index is -4.44. The highest BCUT2D eigenvalue weighted by Gasteiger charge is 2.30. The second-order valence-electron chi connectivity index (χ2n) is 6.90. The Morgan fingerprint density at radius 2 is 1.44 bits per heavy atom. The molecule has 1 amide bonds. The van der Waals surface area contributed by atoms with Gasteiger partial charge in [-0.05, 0) is 73.7 Å². The fraction of sp³-hybridized carbons (Fsp3) is 0.136. The lowest BCUT2D eigenvalue weighted by Crippen LogP contribution is -2.40. The number of carbonyl (C=O) groups excluding carboxylic acids is 1. The molecule has 0 bridgehead atoms. The van der Waals surface area contributed by atoms with Crippen molar-refractivity contribution in [1.29, 1.82) is 0 Å². The standard InChI is InChI=1S/C22H16Cl2F3NO5S/c1-13(21(29)28-34(30,31)20-12-15(23)4-11-19(20)24)32-16-7-9-18(10-8-16)33-17-5-2-14(3-6-17)22(25,26)27/h2-13H,1H3,(H,28,29). The van der Waals surface area contributed by atoms with E-state index in [2.05, 4.69) is 0 Å². The highest BCUT2D eigenvalue weighted by molar-refractivity contribution is 7.90. The summed E-state index contributed by atoms with van der Waals surface area (Å²) in [7, 11) is -4.29. The van der Waals surface area contributed by atoms with Crippen LogP contribution in [0.2, 0.25) is 10.0 Å². The van der Waals surface area contributed by atoms with E-state index in [0.717, 1.165) is 18.2 Å². The molecule has 0 fully saturated rings. The van der Waals surface area contributed by atoms with Gasteiger partial charge < -0.3 is 9.47 Å². The van der Waals surface area contributed by atoms with Crippen LogP contribution in [0.1, 0.15) is 12.5 Å². The molecule has 12 heteroatoms. The molecule has 0 saturated carbocycles. The van der Waals surface area contributed by atoms with Gasteiger partial charge in [0.2, 0.25) is 0 Å². The Labute approximate surface area is 203 Å². The summed E-state index contributed by atoms with van der Waals surface area (Å²) in [5.74, 6) is -0.219. The fourth-order valence-electron chi connectivity index (χ4n) is 2.65. The van der Waals surface area contributed by atoms with E-state index < -0.39 is 33.8 Å². The lowest BCUT2D eigenvalue weighted by Gasteiger charge is -2.16. The van der Waals surface area contributed by atoms with Crippen molar-refractivity contribution in [3.8, 4) is 17.2 Å². The van der Waals surface area contributed by atoms with E-state index in [4.69, 9.17) is 32.7 Å². The van der Waals surface area contributed by atoms with Crippen LogP contribution >= 0.6 is 23.2 Å². The smallest absolute Gasteiger partial charge is 0.416 e. The van der Waals surface area contributed by atoms with Crippen LogP contribution < -0.4 is 14.2 Å². The van der Waals surface area contributed by atoms with E-state index in [-0.39, 0.29) is 26.4 Å². The minimum absolute atomic E-state index is 0.109. The maximum absolute atomic E-state index is 12.6. The molecule has 0 aliphatic heterocycles. The largest absolute Gasteiger partial charge is 0.481 e. The number of hydrogen-bond acceptors (Lipinski definition) is 5. The zero-order valence-corrected chi connectivity index (χ0v) is 19.6. The van der Waals surface area contributed by atoms with Gasteiger partial charge in [-0.25, -0.2) is 13.1 Å². The van der Waals surface area contributed by atoms with Crippen LogP contribution in [-0.2, 0) is 21.0 Å². The number of hydrogen-bond donors (Lipinski definition) is 1. The first kappa shape index (κ1) is 25.7. The van der Waals surface area contributed by atoms with E-state index >= 15 is 0 Å². The lowest BCUT2D eigenvalue weighted by molar-refractivity contribution is -0.137. The maximum Gasteiger partial charge on any atom is 0.416 e. The van der Waals surface area contributed by atoms with Crippen LogP contribution in [0.25, 0.3) is 0 Å². The van der Waals surface area contributed by atoms with E-state index in [0.29, 0.717) is 5.75 Å². The minimum Gasteiger partial charge on any atom is -0.481 e. The van der Waals surface area contributed by atoms with Crippen LogP contribution in [0.3, 0.4) is 0 Å². The topological polar surface area (TPSA) is 81.7 Å². The summed E-state index contributed by atoms with van der Waals surface area (Å²) in [5.41, 5.74) is -0.796. The number of sulfonamides is 1. The molecule has 0 heterocycles. The van der Waals surface area contributed by atoms with E-state index in [9.17, 15) is 26.4 Å². The number of amides is 1. The molecular formula is C22H16Cl2F3NO5S. The molecule has 1 atom stereocenters. The molecule has 3 rings (SSSR count). The third-order valence-corrected chi connectivity index (χ3v) is 6.40. The summed E-state index contributed by atoms with van der Waals surface area (Å²) in [6.07, 6.45) is -5.64. The van der Waals surface area contributed by atoms with Crippen molar-refractivity contribution >= 4 is 39.1 Å². The van der Waals surface area contributed by atoms with Gasteiger partial charge in [-0.3, -0.25) is 4.79 Å². The van der Waals surface area contributed by atoms with E-state index in [1.807, 2.05) is 4.72 Å². The molecule has 180 valence electrons. The lowest BCUT2D eigenvalue weighted by atomic mass is 10.2. The highest BCUT2D eigenvalue weighted by atomic mass is 35.5. The quantitative estimate of drug-likeness (QED) is 0.398. The summed E-state index contributed by atoms with van der Waals surface area (Å²) >= 11 is 11.7. The van der Waals surface area contributed by atoms with Gasteiger partial charge in [0.05, 0.1) is 10.6 Å². The number of benzene rings is 3. The summed E-state index contributed by atoms with van der Waals surface area (Å²) in [6.45, 7) is 1.34. The first-order valence-electron chi connectivity index (χ1n) is 9.49. The summed E-state index contributed by atoms with van der Waals surface area (Å²) < 4.78 is 75.6. The van der Waals surface area contributed by atoms with Crippen LogP contribution in [-0.4, -0.2) is 20.4 Å². The average molecular weight is 534 g/mol. The van der Waals surface area contributed by atoms with Crippen molar-refractivity contribution in [1.82, 2.24) is 4.72 Å². The van der Waals surface area contributed by atoms with Gasteiger partial charge in [-0.15, -0.1) is 0 Å². The second kappa shape index (κ2) is 10.1. The third-order valence-electron chi connectivity index (χ3n) is 4.34. The van der Waals surface area contributed by atoms with Gasteiger partial charge in [-0.1, -0.05) is 23.2 Å². The predicted molar refractivity (Wildman–Crippen MR) is 120 cm³/mol. The third kappa shape index (κ3) is 6.55. The number of halogens is 5. The fourth-order valence-corrected chi connectivity index (χ4v) is 4.45. The van der Waals surface area contributed by atoms with Crippen LogP contribution in [0.4, 0.5) is 13.2 Å². The number of ether oxygens (including phenoxy) is 2. The highest BCUT2D eigenvalue weighted by Crippen LogP contribution is 2.32. The van der Waals surface area contributed by atoms with Crippen molar-refractivity contribution in [2.75, 3.05) is 0 Å². The second-order valence-corrected chi connectivity index (χ2v) is 9.39. The SMILES string of the molecule is CC(Oc1ccc(Oc2ccc(C(F)(F)F)cc2)cc1)C(=O)NS(=O)(=O)c1cc(Cl)ccc1Cl. The summed E-state index contributed by atoms with van der Waals surface area (Å²) in [5, 5.41) is 0.0158. The Morgan fingerprint density at radius 1 is 0.912 bits per heavy atom. The normalized spacial score (nSPS) is 12.6. The summed E-state index contributed by atoms with van der Waals surface area (Å²) in [6, 6.07) is 13.8. The van der Waals surface area contributed by atoms with Gasteiger partial charge in [0.1, 0.15) is 22.1 Å². The Hall–Kier alpha value is -2.95. The van der Waals surface area contributed by atoms with Gasteiger partial charge >= 0.3 is 6.18 Å². The Kier molecular flexibility index (Phi) is 7.64. The van der Waals surface area contributed by atoms with Gasteiger partial charge in [0, 0.05) is 5.02 Å². The van der Waals surface area contributed by atoms with Crippen molar-refractivity contribution in [3.63, 3.8) is 0 Å². The van der Waals surface area contributed by atoms with Gasteiger partial charge in [-0.2, -0.15) is 13.2 Å². The molecule has 0 radical (unpaired) electrons. The van der Waals surface area contributed by atoms with Crippen LogP contribution in [0.5, 0.6) is 17.2 Å². The van der Waals surface area contributed by atoms with Crippen LogP contribution in [0.15, 0.2) is 71.6 Å². The van der Waals surface area contributed by atoms with Crippen molar-refractivity contribution in [2.24, 2.45) is 0 Å². The molecule has 34 heavy (non-hydrogen) atoms.